The van der Waals surface area contributed by atoms with Crippen molar-refractivity contribution in [3.63, 3.8) is 0 Å². The standard InChI is InChI=1S/C25H33N5O4/c1-4-9-18-23-24(30(2)29-18)25(26-15-17-12-13-19-20(14-17)34-16-33-19)28-21(27-23)10-7-5-6-8-11-22(31)32-3/h12-14H,4-11,15-16H2,1-3H3,(H,26,27,28). The van der Waals surface area contributed by atoms with Crippen LogP contribution in [0.4, 0.5) is 5.82 Å². The van der Waals surface area contributed by atoms with E-state index >= 15 is 0 Å². The van der Waals surface area contributed by atoms with Crippen LogP contribution in [0.5, 0.6) is 11.5 Å². The maximum Gasteiger partial charge on any atom is 0.305 e. The van der Waals surface area contributed by atoms with E-state index < -0.39 is 0 Å². The topological polar surface area (TPSA) is 100 Å². The van der Waals surface area contributed by atoms with E-state index in [4.69, 9.17) is 29.3 Å². The van der Waals surface area contributed by atoms with Crippen LogP contribution in [0, 0.1) is 0 Å². The third kappa shape index (κ3) is 5.58. The van der Waals surface area contributed by atoms with Crippen LogP contribution in [-0.4, -0.2) is 39.6 Å². The zero-order chi connectivity index (χ0) is 23.9. The molecule has 9 heteroatoms. The summed E-state index contributed by atoms with van der Waals surface area (Å²) in [7, 11) is 3.37. The van der Waals surface area contributed by atoms with Crippen molar-refractivity contribution in [2.45, 2.75) is 64.8 Å². The Morgan fingerprint density at radius 2 is 1.94 bits per heavy atom. The number of carbonyl (C=O) groups excluding carboxylic acids is 1. The van der Waals surface area contributed by atoms with E-state index in [1.54, 1.807) is 0 Å². The van der Waals surface area contributed by atoms with Crippen LogP contribution in [0.1, 0.15) is 62.5 Å². The largest absolute Gasteiger partial charge is 0.469 e. The van der Waals surface area contributed by atoms with Gasteiger partial charge >= 0.3 is 5.97 Å². The highest BCUT2D eigenvalue weighted by atomic mass is 16.7. The highest BCUT2D eigenvalue weighted by molar-refractivity contribution is 5.87. The number of anilines is 1. The lowest BCUT2D eigenvalue weighted by Crippen LogP contribution is -2.07. The zero-order valence-electron chi connectivity index (χ0n) is 20.2. The molecule has 1 aliphatic rings. The van der Waals surface area contributed by atoms with Gasteiger partial charge in [-0.1, -0.05) is 32.3 Å². The summed E-state index contributed by atoms with van der Waals surface area (Å²) in [5.41, 5.74) is 3.94. The molecular weight excluding hydrogens is 434 g/mol. The number of methoxy groups -OCH3 is 1. The molecular formula is C25H33N5O4. The Hall–Kier alpha value is -3.36. The molecule has 1 aliphatic heterocycles. The molecule has 1 aromatic carbocycles. The second-order valence-electron chi connectivity index (χ2n) is 8.54. The van der Waals surface area contributed by atoms with Gasteiger partial charge in [-0.15, -0.1) is 0 Å². The number of esters is 1. The Kier molecular flexibility index (Phi) is 7.82. The third-order valence-electron chi connectivity index (χ3n) is 5.94. The van der Waals surface area contributed by atoms with Crippen molar-refractivity contribution < 1.29 is 19.0 Å². The number of carbonyl (C=O) groups is 1. The number of benzene rings is 1. The Morgan fingerprint density at radius 3 is 2.76 bits per heavy atom. The molecule has 1 N–H and O–H groups in total. The fourth-order valence-electron chi connectivity index (χ4n) is 4.17. The molecule has 34 heavy (non-hydrogen) atoms. The van der Waals surface area contributed by atoms with Crippen LogP contribution in [0.2, 0.25) is 0 Å². The van der Waals surface area contributed by atoms with Gasteiger partial charge in [-0.3, -0.25) is 9.48 Å². The van der Waals surface area contributed by atoms with Crippen LogP contribution < -0.4 is 14.8 Å². The van der Waals surface area contributed by atoms with Crippen LogP contribution in [0.15, 0.2) is 18.2 Å². The quantitative estimate of drug-likeness (QED) is 0.310. The highest BCUT2D eigenvalue weighted by Crippen LogP contribution is 2.33. The summed E-state index contributed by atoms with van der Waals surface area (Å²) in [6, 6.07) is 5.96. The summed E-state index contributed by atoms with van der Waals surface area (Å²) in [5.74, 6) is 3.01. The van der Waals surface area contributed by atoms with Crippen molar-refractivity contribution in [3.8, 4) is 11.5 Å². The molecule has 0 spiro atoms. The summed E-state index contributed by atoms with van der Waals surface area (Å²) >= 11 is 0. The van der Waals surface area contributed by atoms with Gasteiger partial charge in [0.25, 0.3) is 0 Å². The maximum absolute atomic E-state index is 11.3. The van der Waals surface area contributed by atoms with Gasteiger partial charge < -0.3 is 19.5 Å². The summed E-state index contributed by atoms with van der Waals surface area (Å²) in [4.78, 5) is 21.0. The minimum atomic E-state index is -0.146. The van der Waals surface area contributed by atoms with E-state index in [0.29, 0.717) is 13.0 Å². The van der Waals surface area contributed by atoms with E-state index in [9.17, 15) is 4.79 Å². The average Bonchev–Trinajstić information content (AvgIpc) is 3.43. The Bertz CT molecular complexity index is 1140. The predicted octanol–water partition coefficient (Wildman–Crippen LogP) is 4.32. The summed E-state index contributed by atoms with van der Waals surface area (Å²) in [6.07, 6.45) is 6.97. The first-order chi connectivity index (χ1) is 16.6. The average molecular weight is 468 g/mol. The third-order valence-corrected chi connectivity index (χ3v) is 5.94. The number of aromatic nitrogens is 4. The second kappa shape index (κ2) is 11.2. The number of rotatable bonds is 12. The van der Waals surface area contributed by atoms with Crippen molar-refractivity contribution in [1.29, 1.82) is 0 Å². The van der Waals surface area contributed by atoms with Gasteiger partial charge in [-0.2, -0.15) is 5.10 Å². The van der Waals surface area contributed by atoms with Crippen LogP contribution in [0.25, 0.3) is 11.0 Å². The van der Waals surface area contributed by atoms with E-state index in [0.717, 1.165) is 90.4 Å². The fourth-order valence-corrected chi connectivity index (χ4v) is 4.17. The van der Waals surface area contributed by atoms with E-state index in [2.05, 4.69) is 12.2 Å². The molecule has 0 radical (unpaired) electrons. The molecule has 0 unspecified atom stereocenters. The maximum atomic E-state index is 11.3. The molecule has 0 fully saturated rings. The first kappa shape index (κ1) is 23.8. The molecule has 2 aromatic heterocycles. The summed E-state index contributed by atoms with van der Waals surface area (Å²) < 4.78 is 17.5. The number of unbranched alkanes of at least 4 members (excludes halogenated alkanes) is 3. The predicted molar refractivity (Wildman–Crippen MR) is 129 cm³/mol. The molecule has 3 heterocycles. The molecule has 0 saturated heterocycles. The van der Waals surface area contributed by atoms with Gasteiger partial charge in [0.05, 0.1) is 12.8 Å². The first-order valence-corrected chi connectivity index (χ1v) is 12.0. The van der Waals surface area contributed by atoms with Crippen LogP contribution in [-0.2, 0) is 36.0 Å². The molecule has 182 valence electrons. The lowest BCUT2D eigenvalue weighted by Gasteiger charge is -2.11. The van der Waals surface area contributed by atoms with Crippen molar-refractivity contribution in [1.82, 2.24) is 19.7 Å². The second-order valence-corrected chi connectivity index (χ2v) is 8.54. The SMILES string of the molecule is CCCc1nn(C)c2c(NCc3ccc4c(c3)OCO4)nc(CCCCCCC(=O)OC)nc12. The smallest absolute Gasteiger partial charge is 0.305 e. The normalized spacial score (nSPS) is 12.3. The van der Waals surface area contributed by atoms with Gasteiger partial charge in [-0.25, -0.2) is 9.97 Å². The van der Waals surface area contributed by atoms with Gasteiger partial charge in [0.15, 0.2) is 17.3 Å². The first-order valence-electron chi connectivity index (χ1n) is 12.0. The number of hydrogen-bond acceptors (Lipinski definition) is 8. The minimum absolute atomic E-state index is 0.146. The molecule has 3 aromatic rings. The molecule has 0 amide bonds. The Morgan fingerprint density at radius 1 is 1.12 bits per heavy atom. The molecule has 0 aliphatic carbocycles. The molecule has 0 atom stereocenters. The van der Waals surface area contributed by atoms with Crippen LogP contribution >= 0.6 is 0 Å². The molecule has 0 bridgehead atoms. The molecule has 0 saturated carbocycles. The van der Waals surface area contributed by atoms with Crippen molar-refractivity contribution in [3.05, 3.63) is 35.3 Å². The number of nitrogens with zero attached hydrogens (tertiary/aromatic N) is 4. The van der Waals surface area contributed by atoms with Crippen molar-refractivity contribution >= 4 is 22.8 Å². The van der Waals surface area contributed by atoms with Gasteiger partial charge in [0, 0.05) is 26.4 Å². The van der Waals surface area contributed by atoms with Crippen molar-refractivity contribution in [2.24, 2.45) is 7.05 Å². The minimum Gasteiger partial charge on any atom is -0.469 e. The zero-order valence-corrected chi connectivity index (χ0v) is 20.2. The lowest BCUT2D eigenvalue weighted by atomic mass is 10.1. The van der Waals surface area contributed by atoms with E-state index in [-0.39, 0.29) is 12.8 Å². The number of ether oxygens (including phenoxy) is 3. The van der Waals surface area contributed by atoms with E-state index in [1.165, 1.54) is 7.11 Å². The Balaban J connectivity index is 1.48. The van der Waals surface area contributed by atoms with Gasteiger partial charge in [-0.05, 0) is 37.0 Å². The summed E-state index contributed by atoms with van der Waals surface area (Å²) in [5, 5.41) is 8.22. The number of aryl methyl sites for hydroxylation is 3. The van der Waals surface area contributed by atoms with Gasteiger partial charge in [0.2, 0.25) is 6.79 Å². The summed E-state index contributed by atoms with van der Waals surface area (Å²) in [6.45, 7) is 3.01. The lowest BCUT2D eigenvalue weighted by molar-refractivity contribution is -0.140. The number of nitrogens with one attached hydrogen (secondary N) is 1. The molecule has 4 rings (SSSR count). The fraction of sp³-hybridized carbons (Fsp3) is 0.520. The van der Waals surface area contributed by atoms with E-state index in [1.807, 2.05) is 29.9 Å². The monoisotopic (exact) mass is 467 g/mol. The number of hydrogen-bond donors (Lipinski definition) is 1. The van der Waals surface area contributed by atoms with Crippen LogP contribution in [0.3, 0.4) is 0 Å². The molecule has 9 nitrogen and oxygen atoms in total. The highest BCUT2D eigenvalue weighted by Gasteiger charge is 2.18. The Labute approximate surface area is 199 Å². The van der Waals surface area contributed by atoms with Gasteiger partial charge in [0.1, 0.15) is 16.9 Å². The number of fused-ring (bicyclic) bond motifs is 2. The van der Waals surface area contributed by atoms with Crippen molar-refractivity contribution in [2.75, 3.05) is 19.2 Å².